The molecule has 0 spiro atoms. The fourth-order valence-corrected chi connectivity index (χ4v) is 6.62. The molecule has 0 radical (unpaired) electrons. The summed E-state index contributed by atoms with van der Waals surface area (Å²) in [5.41, 5.74) is 1.35. The summed E-state index contributed by atoms with van der Waals surface area (Å²) in [6.07, 6.45) is -9.35. The number of carbonyl (C=O) groups is 4. The highest BCUT2D eigenvalue weighted by Gasteiger charge is 2.53. The third kappa shape index (κ3) is 12.2. The Morgan fingerprint density at radius 3 is 2.10 bits per heavy atom. The molecule has 10 atom stereocenters. The van der Waals surface area contributed by atoms with Crippen LogP contribution < -0.4 is 21.3 Å². The average Bonchev–Trinajstić information content (AvgIpc) is 3.23. The van der Waals surface area contributed by atoms with E-state index in [0.29, 0.717) is 23.5 Å². The van der Waals surface area contributed by atoms with Crippen molar-refractivity contribution >= 4 is 29.3 Å². The van der Waals surface area contributed by atoms with Crippen molar-refractivity contribution in [1.82, 2.24) is 46.3 Å². The van der Waals surface area contributed by atoms with E-state index in [4.69, 9.17) is 18.9 Å². The Balaban J connectivity index is 1.07. The molecule has 60 heavy (non-hydrogen) atoms. The van der Waals surface area contributed by atoms with Crippen molar-refractivity contribution in [1.29, 1.82) is 0 Å². The number of pyridine rings is 2. The largest absolute Gasteiger partial charge is 0.394 e. The number of aromatic nitrogens is 6. The van der Waals surface area contributed by atoms with Crippen LogP contribution in [0.5, 0.6) is 0 Å². The van der Waals surface area contributed by atoms with Gasteiger partial charge in [-0.05, 0) is 51.0 Å². The highest BCUT2D eigenvalue weighted by atomic mass is 16.7. The van der Waals surface area contributed by atoms with Crippen LogP contribution in [-0.2, 0) is 38.1 Å². The standard InChI is InChI=1S/C38H52N10O12/c1-5-24-28(43-20(4)50)32(29(53)25(18-49)58-24)59-38-31(55)30(54)33(57-19(2)3)34(60-38)37(56)41-16-15-40-26(51)10-8-11-27(52)44-21-12-13-23(42-17-21)36-47-45-35(46-48-36)22-9-6-7-14-39-22/h6-7,9,12-14,17,19,24-25,28-34,38,49,53-55H,5,8,10-11,15-16,18H2,1-4H3,(H,40,51)(H,41,56)(H,43,50)(H,44,52)/t24-,25?,28?,29+,30?,31?,32?,33-,34?,38+/m0/s1. The molecular formula is C38H52N10O12. The Kier molecular flexibility index (Phi) is 16.7. The first kappa shape index (κ1) is 45.9. The summed E-state index contributed by atoms with van der Waals surface area (Å²) in [6, 6.07) is 7.59. The lowest BCUT2D eigenvalue weighted by molar-refractivity contribution is -0.330. The number of amides is 4. The van der Waals surface area contributed by atoms with Gasteiger partial charge in [-0.1, -0.05) is 13.0 Å². The monoisotopic (exact) mass is 840 g/mol. The molecule has 2 aliphatic rings. The zero-order valence-corrected chi connectivity index (χ0v) is 33.6. The van der Waals surface area contributed by atoms with Gasteiger partial charge in [-0.25, -0.2) is 0 Å². The Bertz CT molecular complexity index is 1860. The normalized spacial score (nSPS) is 26.6. The molecule has 2 aliphatic heterocycles. The minimum absolute atomic E-state index is 0.0105. The van der Waals surface area contributed by atoms with Crippen molar-refractivity contribution in [2.75, 3.05) is 25.0 Å². The molecule has 326 valence electrons. The number of hydrogen-bond donors (Lipinski definition) is 8. The number of carbonyl (C=O) groups excluding carboxylic acids is 4. The van der Waals surface area contributed by atoms with Gasteiger partial charge in [0.1, 0.15) is 48.0 Å². The number of rotatable bonds is 18. The van der Waals surface area contributed by atoms with Crippen LogP contribution >= 0.6 is 0 Å². The second kappa shape index (κ2) is 21.9. The van der Waals surface area contributed by atoms with Crippen LogP contribution in [0.25, 0.3) is 23.0 Å². The number of nitrogens with zero attached hydrogens (tertiary/aromatic N) is 6. The van der Waals surface area contributed by atoms with Crippen LogP contribution in [0.3, 0.4) is 0 Å². The van der Waals surface area contributed by atoms with Gasteiger partial charge in [-0.15, -0.1) is 20.4 Å². The van der Waals surface area contributed by atoms with Gasteiger partial charge >= 0.3 is 0 Å². The van der Waals surface area contributed by atoms with E-state index in [-0.39, 0.29) is 55.8 Å². The second-order valence-electron chi connectivity index (χ2n) is 14.4. The second-order valence-corrected chi connectivity index (χ2v) is 14.4. The van der Waals surface area contributed by atoms with Crippen LogP contribution in [0.4, 0.5) is 5.69 Å². The summed E-state index contributed by atoms with van der Waals surface area (Å²) >= 11 is 0. The number of ether oxygens (including phenoxy) is 4. The smallest absolute Gasteiger partial charge is 0.252 e. The van der Waals surface area contributed by atoms with Crippen LogP contribution in [0.15, 0.2) is 42.7 Å². The van der Waals surface area contributed by atoms with E-state index < -0.39 is 85.7 Å². The van der Waals surface area contributed by atoms with Gasteiger partial charge in [-0.3, -0.25) is 29.1 Å². The third-order valence-electron chi connectivity index (χ3n) is 9.50. The molecule has 4 amide bonds. The van der Waals surface area contributed by atoms with Crippen LogP contribution in [0, 0.1) is 0 Å². The van der Waals surface area contributed by atoms with Crippen molar-refractivity contribution in [3.05, 3.63) is 42.7 Å². The van der Waals surface area contributed by atoms with Gasteiger partial charge in [0.2, 0.25) is 29.4 Å². The summed E-state index contributed by atoms with van der Waals surface area (Å²) in [4.78, 5) is 59.0. The zero-order valence-electron chi connectivity index (χ0n) is 33.6. The molecule has 0 saturated carbocycles. The molecule has 2 saturated heterocycles. The molecule has 0 aromatic carbocycles. The molecule has 5 rings (SSSR count). The predicted octanol–water partition coefficient (Wildman–Crippen LogP) is -1.61. The molecule has 8 N–H and O–H groups in total. The number of aliphatic hydroxyl groups excluding tert-OH is 4. The Hall–Kier alpha value is -5.20. The maximum atomic E-state index is 13.4. The van der Waals surface area contributed by atoms with Gasteiger partial charge in [0.25, 0.3) is 5.91 Å². The predicted molar refractivity (Wildman–Crippen MR) is 208 cm³/mol. The van der Waals surface area contributed by atoms with Crippen molar-refractivity contribution in [2.45, 2.75) is 121 Å². The van der Waals surface area contributed by atoms with Crippen molar-refractivity contribution < 1.29 is 58.6 Å². The molecule has 0 aliphatic carbocycles. The molecule has 22 heteroatoms. The first-order valence-corrected chi connectivity index (χ1v) is 19.6. The zero-order chi connectivity index (χ0) is 43.3. The van der Waals surface area contributed by atoms with Gasteiger partial charge < -0.3 is 60.6 Å². The Morgan fingerprint density at radius 2 is 1.50 bits per heavy atom. The van der Waals surface area contributed by atoms with Crippen molar-refractivity contribution in [2.24, 2.45) is 0 Å². The van der Waals surface area contributed by atoms with E-state index in [9.17, 15) is 39.6 Å². The lowest BCUT2D eigenvalue weighted by Gasteiger charge is -2.48. The van der Waals surface area contributed by atoms with E-state index in [1.807, 2.05) is 0 Å². The van der Waals surface area contributed by atoms with Crippen LogP contribution in [0.1, 0.15) is 53.4 Å². The first-order chi connectivity index (χ1) is 28.8. The summed E-state index contributed by atoms with van der Waals surface area (Å²) in [5.74, 6) is -1.45. The molecule has 22 nitrogen and oxygen atoms in total. The van der Waals surface area contributed by atoms with Gasteiger partial charge in [0, 0.05) is 39.1 Å². The Labute approximate surface area is 345 Å². The molecule has 3 aromatic rings. The molecular weight excluding hydrogens is 788 g/mol. The minimum Gasteiger partial charge on any atom is -0.394 e. The quantitative estimate of drug-likeness (QED) is 0.0668. The summed E-state index contributed by atoms with van der Waals surface area (Å²) in [5, 5.41) is 69.9. The van der Waals surface area contributed by atoms with E-state index in [2.05, 4.69) is 51.6 Å². The Morgan fingerprint density at radius 1 is 0.817 bits per heavy atom. The van der Waals surface area contributed by atoms with Crippen LogP contribution in [-0.4, -0.2) is 161 Å². The van der Waals surface area contributed by atoms with Crippen LogP contribution in [0.2, 0.25) is 0 Å². The van der Waals surface area contributed by atoms with Crippen molar-refractivity contribution in [3.8, 4) is 23.0 Å². The number of nitrogens with one attached hydrogen (secondary N) is 4. The maximum absolute atomic E-state index is 13.4. The van der Waals surface area contributed by atoms with E-state index in [0.717, 1.165) is 0 Å². The minimum atomic E-state index is -1.75. The third-order valence-corrected chi connectivity index (χ3v) is 9.50. The number of anilines is 1. The van der Waals surface area contributed by atoms with Crippen molar-refractivity contribution in [3.63, 3.8) is 0 Å². The van der Waals surface area contributed by atoms with Gasteiger partial charge in [-0.2, -0.15) is 0 Å². The van der Waals surface area contributed by atoms with E-state index in [1.54, 1.807) is 57.3 Å². The summed E-state index contributed by atoms with van der Waals surface area (Å²) in [6.45, 7) is 5.74. The summed E-state index contributed by atoms with van der Waals surface area (Å²) in [7, 11) is 0. The van der Waals surface area contributed by atoms with Gasteiger partial charge in [0.15, 0.2) is 12.4 Å². The maximum Gasteiger partial charge on any atom is 0.252 e. The molecule has 0 bridgehead atoms. The highest BCUT2D eigenvalue weighted by Crippen LogP contribution is 2.31. The molecule has 3 aromatic heterocycles. The summed E-state index contributed by atoms with van der Waals surface area (Å²) < 4.78 is 23.4. The fraction of sp³-hybridized carbons (Fsp3) is 0.579. The lowest BCUT2D eigenvalue weighted by atomic mass is 9.90. The lowest BCUT2D eigenvalue weighted by Crippen LogP contribution is -2.68. The molecule has 5 heterocycles. The SMILES string of the molecule is CC[C@@H]1OC(CO)[C@@H](O)C(O[C@@H]2OC(C(=O)NCCNC(=O)CCCC(=O)Nc3ccc(-c4nnc(-c5ccccn5)nn4)nc3)[C@@H](OC(C)C)C(O)C2O)C1NC(C)=O. The topological polar surface area (TPSA) is 312 Å². The molecule has 6 unspecified atom stereocenters. The molecule has 2 fully saturated rings. The average molecular weight is 841 g/mol. The van der Waals surface area contributed by atoms with E-state index >= 15 is 0 Å². The number of hydrogen-bond acceptors (Lipinski definition) is 18. The number of aliphatic hydroxyl groups is 4. The van der Waals surface area contributed by atoms with Gasteiger partial charge in [0.05, 0.1) is 36.7 Å². The first-order valence-electron chi connectivity index (χ1n) is 19.6. The van der Waals surface area contributed by atoms with E-state index in [1.165, 1.54) is 13.1 Å². The highest BCUT2D eigenvalue weighted by molar-refractivity contribution is 5.91. The fourth-order valence-electron chi connectivity index (χ4n) is 6.62.